The lowest BCUT2D eigenvalue weighted by Gasteiger charge is -2.34. The Bertz CT molecular complexity index is 1470. The Morgan fingerprint density at radius 1 is 1.28 bits per heavy atom. The van der Waals surface area contributed by atoms with Crippen molar-refractivity contribution in [3.63, 3.8) is 0 Å². The largest absolute Gasteiger partial charge is 0.468 e. The fraction of sp³-hybridized carbons (Fsp3) is 0.273. The van der Waals surface area contributed by atoms with Crippen LogP contribution in [-0.4, -0.2) is 46.6 Å². The normalized spacial score (nSPS) is 19.8. The highest BCUT2D eigenvalue weighted by Gasteiger charge is 2.42. The van der Waals surface area contributed by atoms with Crippen molar-refractivity contribution in [1.82, 2.24) is 19.4 Å². The van der Waals surface area contributed by atoms with Gasteiger partial charge in [-0.05, 0) is 37.6 Å². The molecule has 0 saturated heterocycles. The zero-order valence-corrected chi connectivity index (χ0v) is 20.2. The predicted molar refractivity (Wildman–Crippen MR) is 123 cm³/mol. The summed E-state index contributed by atoms with van der Waals surface area (Å²) in [5.74, 6) is -4.00. The number of aliphatic imine (C=N–C) groups is 1. The summed E-state index contributed by atoms with van der Waals surface area (Å²) in [6.45, 7) is 3.10. The van der Waals surface area contributed by atoms with Crippen LogP contribution in [0.4, 0.5) is 13.2 Å². The van der Waals surface area contributed by atoms with E-state index in [9.17, 15) is 21.6 Å². The number of aryl methyl sites for hydroxylation is 1. The third-order valence-corrected chi connectivity index (χ3v) is 7.35. The molecule has 1 aromatic carbocycles. The Morgan fingerprint density at radius 2 is 2.03 bits per heavy atom. The van der Waals surface area contributed by atoms with Gasteiger partial charge in [-0.3, -0.25) is 0 Å². The van der Waals surface area contributed by atoms with E-state index in [-0.39, 0.29) is 29.7 Å². The van der Waals surface area contributed by atoms with Gasteiger partial charge in [0.05, 0.1) is 23.8 Å². The van der Waals surface area contributed by atoms with Gasteiger partial charge >= 0.3 is 0 Å². The first-order chi connectivity index (χ1) is 16.9. The van der Waals surface area contributed by atoms with Crippen molar-refractivity contribution in [2.24, 2.45) is 10.7 Å². The average molecular weight is 523 g/mol. The number of aromatic nitrogens is 3. The molecular formula is C22H21F3N6O4S. The number of nitrogens with two attached hydrogens (primary N) is 1. The van der Waals surface area contributed by atoms with Gasteiger partial charge in [0.2, 0.25) is 21.9 Å². The molecule has 0 fully saturated rings. The highest BCUT2D eigenvalue weighted by Crippen LogP contribution is 2.35. The Labute approximate surface area is 204 Å². The summed E-state index contributed by atoms with van der Waals surface area (Å²) >= 11 is 0. The van der Waals surface area contributed by atoms with Crippen LogP contribution < -0.4 is 10.5 Å². The Kier molecular flexibility index (Phi) is 6.47. The summed E-state index contributed by atoms with van der Waals surface area (Å²) in [6, 6.07) is 3.56. The van der Waals surface area contributed by atoms with Crippen molar-refractivity contribution in [2.75, 3.05) is 12.8 Å². The highest BCUT2D eigenvalue weighted by atomic mass is 32.2. The maximum Gasteiger partial charge on any atom is 0.239 e. The van der Waals surface area contributed by atoms with Gasteiger partial charge in [-0.15, -0.1) is 0 Å². The Balaban J connectivity index is 1.60. The van der Waals surface area contributed by atoms with E-state index in [1.165, 1.54) is 20.2 Å². The van der Waals surface area contributed by atoms with Gasteiger partial charge in [0, 0.05) is 18.7 Å². The maximum atomic E-state index is 14.9. The first-order valence-electron chi connectivity index (χ1n) is 10.4. The molecule has 0 bridgehead atoms. The summed E-state index contributed by atoms with van der Waals surface area (Å²) in [6.07, 6.45) is 3.20. The van der Waals surface area contributed by atoms with Crippen LogP contribution >= 0.6 is 0 Å². The molecule has 0 aliphatic carbocycles. The van der Waals surface area contributed by atoms with E-state index in [1.807, 2.05) is 0 Å². The molecule has 190 valence electrons. The number of sulfonamides is 1. The van der Waals surface area contributed by atoms with Gasteiger partial charge in [0.25, 0.3) is 0 Å². The van der Waals surface area contributed by atoms with Crippen molar-refractivity contribution in [3.05, 3.63) is 70.5 Å². The first kappa shape index (κ1) is 25.2. The van der Waals surface area contributed by atoms with Gasteiger partial charge in [-0.25, -0.2) is 40.9 Å². The van der Waals surface area contributed by atoms with Crippen molar-refractivity contribution in [1.29, 1.82) is 0 Å². The van der Waals surface area contributed by atoms with Gasteiger partial charge in [-0.2, -0.15) is 0 Å². The second kappa shape index (κ2) is 9.26. The zero-order valence-electron chi connectivity index (χ0n) is 19.4. The van der Waals surface area contributed by atoms with Crippen LogP contribution in [0, 0.1) is 18.6 Å². The lowest BCUT2D eigenvalue weighted by molar-refractivity contribution is 0.240. The minimum absolute atomic E-state index is 0.0437. The predicted octanol–water partition coefficient (Wildman–Crippen LogP) is 2.90. The smallest absolute Gasteiger partial charge is 0.239 e. The number of rotatable bonds is 6. The summed E-state index contributed by atoms with van der Waals surface area (Å²) < 4.78 is 80.1. The number of benzene rings is 1. The molecule has 14 heteroatoms. The van der Waals surface area contributed by atoms with Crippen LogP contribution in [0.3, 0.4) is 0 Å². The molecule has 2 N–H and O–H groups in total. The van der Waals surface area contributed by atoms with Gasteiger partial charge < -0.3 is 15.0 Å². The summed E-state index contributed by atoms with van der Waals surface area (Å²) in [5.41, 5.74) is 3.97. The first-order valence-corrected chi connectivity index (χ1v) is 12.0. The summed E-state index contributed by atoms with van der Waals surface area (Å²) in [7, 11) is -2.74. The lowest BCUT2D eigenvalue weighted by Crippen LogP contribution is -2.50. The lowest BCUT2D eigenvalue weighted by atomic mass is 9.92. The molecule has 0 amide bonds. The third-order valence-electron chi connectivity index (χ3n) is 5.40. The van der Waals surface area contributed by atoms with Gasteiger partial charge in [-0.1, -0.05) is 5.16 Å². The molecule has 1 atom stereocenters. The second-order valence-electron chi connectivity index (χ2n) is 8.29. The molecule has 36 heavy (non-hydrogen) atoms. The van der Waals surface area contributed by atoms with E-state index in [1.54, 1.807) is 13.0 Å². The molecule has 0 radical (unpaired) electrons. The standard InChI is InChI=1S/C22H21F3N6O4S/c1-12-4-14(35-30-12)10-34-19-9-27-18(8-28-19)16(23)6-13-5-15(20(25)17(24)7-13)22(2)11-36(32,33)31(3)21(26)29-22/h4-9H,10-11H2,1-3H3,(H2,26,29). The molecule has 3 heterocycles. The Hall–Kier alpha value is -3.94. The van der Waals surface area contributed by atoms with Crippen molar-refractivity contribution >= 4 is 27.9 Å². The number of hydrogen-bond donors (Lipinski definition) is 1. The van der Waals surface area contributed by atoms with Crippen LogP contribution in [0.5, 0.6) is 5.88 Å². The maximum absolute atomic E-state index is 14.9. The molecule has 3 aromatic rings. The van der Waals surface area contributed by atoms with Gasteiger partial charge in [0.1, 0.15) is 11.2 Å². The molecule has 0 spiro atoms. The van der Waals surface area contributed by atoms with Crippen LogP contribution in [-0.2, 0) is 22.2 Å². The average Bonchev–Trinajstić information content (AvgIpc) is 3.23. The van der Waals surface area contributed by atoms with Crippen LogP contribution in [0.2, 0.25) is 0 Å². The molecule has 0 saturated carbocycles. The van der Waals surface area contributed by atoms with Crippen LogP contribution in [0.15, 0.2) is 40.1 Å². The molecule has 10 nitrogen and oxygen atoms in total. The number of nitrogens with zero attached hydrogens (tertiary/aromatic N) is 5. The summed E-state index contributed by atoms with van der Waals surface area (Å²) in [4.78, 5) is 12.0. The number of guanidine groups is 1. The molecular weight excluding hydrogens is 501 g/mol. The van der Waals surface area contributed by atoms with Crippen LogP contribution in [0.1, 0.15) is 35.2 Å². The number of ether oxygens (including phenoxy) is 1. The highest BCUT2D eigenvalue weighted by molar-refractivity contribution is 7.89. The topological polar surface area (TPSA) is 137 Å². The van der Waals surface area contributed by atoms with E-state index >= 15 is 0 Å². The molecule has 1 aliphatic rings. The van der Waals surface area contributed by atoms with E-state index < -0.39 is 44.3 Å². The fourth-order valence-corrected chi connectivity index (χ4v) is 4.99. The molecule has 1 unspecified atom stereocenters. The van der Waals surface area contributed by atoms with Crippen molar-refractivity contribution < 1.29 is 30.8 Å². The zero-order chi connectivity index (χ0) is 26.3. The fourth-order valence-electron chi connectivity index (χ4n) is 3.54. The van der Waals surface area contributed by atoms with E-state index in [4.69, 9.17) is 15.0 Å². The molecule has 1 aliphatic heterocycles. The van der Waals surface area contributed by atoms with Gasteiger partial charge in [0.15, 0.2) is 29.8 Å². The second-order valence-corrected chi connectivity index (χ2v) is 10.3. The quantitative estimate of drug-likeness (QED) is 0.522. The van der Waals surface area contributed by atoms with Crippen LogP contribution in [0.25, 0.3) is 11.9 Å². The minimum atomic E-state index is -3.94. The minimum Gasteiger partial charge on any atom is -0.468 e. The summed E-state index contributed by atoms with van der Waals surface area (Å²) in [5, 5.41) is 3.73. The molecule has 4 rings (SSSR count). The van der Waals surface area contributed by atoms with E-state index in [2.05, 4.69) is 20.1 Å². The van der Waals surface area contributed by atoms with E-state index in [0.29, 0.717) is 11.5 Å². The monoisotopic (exact) mass is 522 g/mol. The van der Waals surface area contributed by atoms with Crippen molar-refractivity contribution in [2.45, 2.75) is 26.0 Å². The Morgan fingerprint density at radius 3 is 2.64 bits per heavy atom. The number of halogens is 3. The SMILES string of the molecule is Cc1cc(COc2cnc(C(F)=Cc3cc(F)c(F)c(C4(C)CS(=O)(=O)N(C)C(N)=N4)c3)cn2)on1. The van der Waals surface area contributed by atoms with Crippen molar-refractivity contribution in [3.8, 4) is 5.88 Å². The third kappa shape index (κ3) is 5.03. The van der Waals surface area contributed by atoms with E-state index in [0.717, 1.165) is 28.7 Å². The molecule has 2 aromatic heterocycles. The number of hydrogen-bond acceptors (Lipinski definition) is 9.